The second-order valence-corrected chi connectivity index (χ2v) is 4.21. The van der Waals surface area contributed by atoms with Crippen LogP contribution < -0.4 is 11.1 Å². The highest BCUT2D eigenvalue weighted by Gasteiger charge is 2.10. The number of amides is 1. The molecular weight excluding hydrogens is 224 g/mol. The first-order valence-corrected chi connectivity index (χ1v) is 5.79. The van der Waals surface area contributed by atoms with Crippen LogP contribution in [0.3, 0.4) is 0 Å². The summed E-state index contributed by atoms with van der Waals surface area (Å²) < 4.78 is 0. The van der Waals surface area contributed by atoms with E-state index in [9.17, 15) is 4.79 Å². The lowest BCUT2D eigenvalue weighted by Crippen LogP contribution is -2.21. The van der Waals surface area contributed by atoms with Crippen LogP contribution in [0.5, 0.6) is 0 Å². The van der Waals surface area contributed by atoms with E-state index in [1.165, 1.54) is 0 Å². The van der Waals surface area contributed by atoms with Gasteiger partial charge in [0.15, 0.2) is 0 Å². The molecular formula is C12H17ClN2O. The average molecular weight is 241 g/mol. The molecule has 0 saturated carbocycles. The summed E-state index contributed by atoms with van der Waals surface area (Å²) in [6.45, 7) is 2.57. The van der Waals surface area contributed by atoms with Crippen molar-refractivity contribution in [2.75, 3.05) is 11.9 Å². The lowest BCUT2D eigenvalue weighted by molar-refractivity contribution is -0.117. The summed E-state index contributed by atoms with van der Waals surface area (Å²) in [5.74, 6) is 0.235. The summed E-state index contributed by atoms with van der Waals surface area (Å²) in [4.78, 5) is 11.6. The van der Waals surface area contributed by atoms with Crippen molar-refractivity contribution in [3.63, 3.8) is 0 Å². The Hall–Kier alpha value is -1.06. The van der Waals surface area contributed by atoms with E-state index < -0.39 is 0 Å². The zero-order valence-electron chi connectivity index (χ0n) is 9.37. The quantitative estimate of drug-likeness (QED) is 0.832. The highest BCUT2D eigenvalue weighted by molar-refractivity contribution is 6.30. The molecule has 0 aliphatic rings. The number of benzene rings is 1. The predicted molar refractivity (Wildman–Crippen MR) is 67.5 cm³/mol. The Labute approximate surface area is 101 Å². The molecule has 88 valence electrons. The van der Waals surface area contributed by atoms with Crippen LogP contribution in [0.2, 0.25) is 5.02 Å². The maximum absolute atomic E-state index is 11.6. The standard InChI is InChI=1S/C12H17ClN2O/c1-2-9(8-14)6-12(16)15-11-5-3-4-10(13)7-11/h3-5,7,9H,2,6,8,14H2,1H3,(H,15,16). The molecule has 0 radical (unpaired) electrons. The van der Waals surface area contributed by atoms with Crippen LogP contribution in [-0.2, 0) is 4.79 Å². The van der Waals surface area contributed by atoms with Gasteiger partial charge in [0, 0.05) is 17.1 Å². The second kappa shape index (κ2) is 6.51. The zero-order chi connectivity index (χ0) is 12.0. The topological polar surface area (TPSA) is 55.1 Å². The van der Waals surface area contributed by atoms with Crippen LogP contribution in [0, 0.1) is 5.92 Å². The molecule has 0 fully saturated rings. The van der Waals surface area contributed by atoms with E-state index in [1.54, 1.807) is 18.2 Å². The number of carbonyl (C=O) groups excluding carboxylic acids is 1. The summed E-state index contributed by atoms with van der Waals surface area (Å²) >= 11 is 5.82. The Morgan fingerprint density at radius 3 is 2.88 bits per heavy atom. The molecule has 3 N–H and O–H groups in total. The highest BCUT2D eigenvalue weighted by atomic mass is 35.5. The number of hydrogen-bond acceptors (Lipinski definition) is 2. The molecule has 1 unspecified atom stereocenters. The van der Waals surface area contributed by atoms with Gasteiger partial charge in [0.05, 0.1) is 0 Å². The molecule has 16 heavy (non-hydrogen) atoms. The predicted octanol–water partition coefficient (Wildman–Crippen LogP) is 2.65. The van der Waals surface area contributed by atoms with E-state index in [2.05, 4.69) is 5.32 Å². The van der Waals surface area contributed by atoms with Crippen molar-refractivity contribution in [3.05, 3.63) is 29.3 Å². The molecule has 0 bridgehead atoms. The van der Waals surface area contributed by atoms with E-state index in [0.717, 1.165) is 12.1 Å². The Balaban J connectivity index is 2.51. The third-order valence-electron chi connectivity index (χ3n) is 2.49. The first kappa shape index (κ1) is 13.0. The van der Waals surface area contributed by atoms with E-state index >= 15 is 0 Å². The van der Waals surface area contributed by atoms with Crippen molar-refractivity contribution < 1.29 is 4.79 Å². The van der Waals surface area contributed by atoms with Gasteiger partial charge in [-0.05, 0) is 30.7 Å². The Kier molecular flexibility index (Phi) is 5.29. The number of carbonyl (C=O) groups is 1. The summed E-state index contributed by atoms with van der Waals surface area (Å²) in [5, 5.41) is 3.42. The maximum atomic E-state index is 11.6. The molecule has 0 spiro atoms. The number of rotatable bonds is 5. The zero-order valence-corrected chi connectivity index (χ0v) is 10.1. The smallest absolute Gasteiger partial charge is 0.224 e. The average Bonchev–Trinajstić information content (AvgIpc) is 2.26. The van der Waals surface area contributed by atoms with Gasteiger partial charge in [0.2, 0.25) is 5.91 Å². The van der Waals surface area contributed by atoms with Crippen molar-refractivity contribution in [1.29, 1.82) is 0 Å². The van der Waals surface area contributed by atoms with E-state index in [1.807, 2.05) is 13.0 Å². The maximum Gasteiger partial charge on any atom is 0.224 e. The minimum Gasteiger partial charge on any atom is -0.330 e. The molecule has 1 rings (SSSR count). The molecule has 1 amide bonds. The van der Waals surface area contributed by atoms with E-state index in [4.69, 9.17) is 17.3 Å². The number of anilines is 1. The molecule has 1 aromatic rings. The van der Waals surface area contributed by atoms with Gasteiger partial charge >= 0.3 is 0 Å². The molecule has 0 aliphatic carbocycles. The molecule has 3 nitrogen and oxygen atoms in total. The molecule has 0 heterocycles. The molecule has 0 aromatic heterocycles. The lowest BCUT2D eigenvalue weighted by Gasteiger charge is -2.12. The van der Waals surface area contributed by atoms with Crippen molar-refractivity contribution in [1.82, 2.24) is 0 Å². The fraction of sp³-hybridized carbons (Fsp3) is 0.417. The SMILES string of the molecule is CCC(CN)CC(=O)Nc1cccc(Cl)c1. The molecule has 0 aliphatic heterocycles. The van der Waals surface area contributed by atoms with E-state index in [0.29, 0.717) is 18.0 Å². The van der Waals surface area contributed by atoms with E-state index in [-0.39, 0.29) is 11.8 Å². The van der Waals surface area contributed by atoms with Crippen LogP contribution in [0.1, 0.15) is 19.8 Å². The van der Waals surface area contributed by atoms with Gasteiger partial charge in [-0.1, -0.05) is 31.0 Å². The van der Waals surface area contributed by atoms with Crippen molar-refractivity contribution in [2.45, 2.75) is 19.8 Å². The Morgan fingerprint density at radius 1 is 1.56 bits per heavy atom. The molecule has 4 heteroatoms. The molecule has 1 atom stereocenters. The summed E-state index contributed by atoms with van der Waals surface area (Å²) in [7, 11) is 0. The fourth-order valence-electron chi connectivity index (χ4n) is 1.43. The number of hydrogen-bond donors (Lipinski definition) is 2. The third kappa shape index (κ3) is 4.21. The van der Waals surface area contributed by atoms with Crippen molar-refractivity contribution in [2.24, 2.45) is 11.7 Å². The van der Waals surface area contributed by atoms with Gasteiger partial charge in [-0.25, -0.2) is 0 Å². The highest BCUT2D eigenvalue weighted by Crippen LogP contribution is 2.16. The van der Waals surface area contributed by atoms with Crippen molar-refractivity contribution >= 4 is 23.2 Å². The number of halogens is 1. The van der Waals surface area contributed by atoms with Gasteiger partial charge in [-0.15, -0.1) is 0 Å². The van der Waals surface area contributed by atoms with Gasteiger partial charge in [-0.3, -0.25) is 4.79 Å². The normalized spacial score (nSPS) is 12.2. The van der Waals surface area contributed by atoms with Crippen LogP contribution in [0.25, 0.3) is 0 Å². The number of nitrogens with two attached hydrogens (primary N) is 1. The van der Waals surface area contributed by atoms with Gasteiger partial charge in [-0.2, -0.15) is 0 Å². The van der Waals surface area contributed by atoms with Crippen molar-refractivity contribution in [3.8, 4) is 0 Å². The van der Waals surface area contributed by atoms with Crippen LogP contribution >= 0.6 is 11.6 Å². The monoisotopic (exact) mass is 240 g/mol. The first-order chi connectivity index (χ1) is 7.65. The molecule has 1 aromatic carbocycles. The van der Waals surface area contributed by atoms with Crippen LogP contribution in [0.4, 0.5) is 5.69 Å². The summed E-state index contributed by atoms with van der Waals surface area (Å²) in [6, 6.07) is 7.11. The minimum absolute atomic E-state index is 0.0143. The third-order valence-corrected chi connectivity index (χ3v) is 2.73. The molecule has 0 saturated heterocycles. The lowest BCUT2D eigenvalue weighted by atomic mass is 10.0. The summed E-state index contributed by atoms with van der Waals surface area (Å²) in [5.41, 5.74) is 6.27. The van der Waals surface area contributed by atoms with Gasteiger partial charge < -0.3 is 11.1 Å². The van der Waals surface area contributed by atoms with Crippen LogP contribution in [0.15, 0.2) is 24.3 Å². The second-order valence-electron chi connectivity index (χ2n) is 3.77. The first-order valence-electron chi connectivity index (χ1n) is 5.41. The van der Waals surface area contributed by atoms with Gasteiger partial charge in [0.1, 0.15) is 0 Å². The van der Waals surface area contributed by atoms with Gasteiger partial charge in [0.25, 0.3) is 0 Å². The Bertz CT molecular complexity index is 351. The van der Waals surface area contributed by atoms with Crippen LogP contribution in [-0.4, -0.2) is 12.5 Å². The minimum atomic E-state index is -0.0143. The number of nitrogens with one attached hydrogen (secondary N) is 1. The largest absolute Gasteiger partial charge is 0.330 e. The summed E-state index contributed by atoms with van der Waals surface area (Å²) in [6.07, 6.45) is 1.37. The fourth-order valence-corrected chi connectivity index (χ4v) is 1.63. The Morgan fingerprint density at radius 2 is 2.31 bits per heavy atom.